The van der Waals surface area contributed by atoms with Crippen LogP contribution in [0.1, 0.15) is 28.7 Å². The fourth-order valence-electron chi connectivity index (χ4n) is 2.30. The van der Waals surface area contributed by atoms with Gasteiger partial charge in [-0.1, -0.05) is 18.2 Å². The number of para-hydroxylation sites is 1. The van der Waals surface area contributed by atoms with Gasteiger partial charge in [0.1, 0.15) is 0 Å². The molecule has 0 spiro atoms. The highest BCUT2D eigenvalue weighted by Crippen LogP contribution is 2.17. The van der Waals surface area contributed by atoms with E-state index < -0.39 is 0 Å². The van der Waals surface area contributed by atoms with Crippen molar-refractivity contribution in [2.75, 3.05) is 13.1 Å². The van der Waals surface area contributed by atoms with Crippen molar-refractivity contribution < 1.29 is 9.59 Å². The summed E-state index contributed by atoms with van der Waals surface area (Å²) in [6, 6.07) is 9.61. The molecule has 0 saturated heterocycles. The Hall–Kier alpha value is -2.63. The Morgan fingerprint density at radius 2 is 1.82 bits per heavy atom. The number of nitrogens with one attached hydrogen (secondary N) is 2. The highest BCUT2D eigenvalue weighted by molar-refractivity contribution is 5.98. The molecular weight excluding hydrogens is 280 g/mol. The van der Waals surface area contributed by atoms with Gasteiger partial charge < -0.3 is 10.6 Å². The van der Waals surface area contributed by atoms with E-state index in [-0.39, 0.29) is 18.4 Å². The zero-order valence-electron chi connectivity index (χ0n) is 13.0. The summed E-state index contributed by atoms with van der Waals surface area (Å²) in [6.45, 7) is 5.96. The second-order valence-electron chi connectivity index (χ2n) is 4.93. The molecule has 6 nitrogen and oxygen atoms in total. The van der Waals surface area contributed by atoms with Crippen LogP contribution in [0.25, 0.3) is 5.69 Å². The molecule has 0 radical (unpaired) electrons. The Balaban J connectivity index is 2.20. The fraction of sp³-hybridized carbons (Fsp3) is 0.312. The van der Waals surface area contributed by atoms with Crippen molar-refractivity contribution in [3.8, 4) is 5.69 Å². The van der Waals surface area contributed by atoms with Gasteiger partial charge in [0, 0.05) is 6.54 Å². The number of carbonyl (C=O) groups excluding carboxylic acids is 2. The van der Waals surface area contributed by atoms with Crippen LogP contribution in [0, 0.1) is 13.8 Å². The van der Waals surface area contributed by atoms with Gasteiger partial charge in [0.15, 0.2) is 0 Å². The Morgan fingerprint density at radius 3 is 2.45 bits per heavy atom. The van der Waals surface area contributed by atoms with Gasteiger partial charge in [-0.25, -0.2) is 4.68 Å². The highest BCUT2D eigenvalue weighted by Gasteiger charge is 2.19. The van der Waals surface area contributed by atoms with Crippen molar-refractivity contribution in [2.45, 2.75) is 20.8 Å². The molecule has 2 amide bonds. The quantitative estimate of drug-likeness (QED) is 0.875. The maximum Gasteiger partial charge on any atom is 0.255 e. The molecule has 2 aromatic rings. The fourth-order valence-corrected chi connectivity index (χ4v) is 2.30. The monoisotopic (exact) mass is 300 g/mol. The second-order valence-corrected chi connectivity index (χ2v) is 4.93. The first-order valence-electron chi connectivity index (χ1n) is 7.21. The number of aromatic nitrogens is 2. The van der Waals surface area contributed by atoms with Gasteiger partial charge in [-0.2, -0.15) is 5.10 Å². The summed E-state index contributed by atoms with van der Waals surface area (Å²) < 4.78 is 1.73. The molecule has 0 bridgehead atoms. The van der Waals surface area contributed by atoms with E-state index >= 15 is 0 Å². The van der Waals surface area contributed by atoms with Crippen LogP contribution < -0.4 is 10.6 Å². The third-order valence-electron chi connectivity index (χ3n) is 3.30. The van der Waals surface area contributed by atoms with Gasteiger partial charge in [-0.3, -0.25) is 9.59 Å². The second kappa shape index (κ2) is 6.89. The number of likely N-dealkylation sites (N-methyl/N-ethyl adjacent to an activating group) is 1. The van der Waals surface area contributed by atoms with Crippen LogP contribution in [0.15, 0.2) is 30.3 Å². The Labute approximate surface area is 129 Å². The van der Waals surface area contributed by atoms with Gasteiger partial charge in [-0.15, -0.1) is 0 Å². The van der Waals surface area contributed by atoms with Gasteiger partial charge in [0.05, 0.1) is 29.2 Å². The van der Waals surface area contributed by atoms with Crippen molar-refractivity contribution in [3.05, 3.63) is 47.3 Å². The van der Waals surface area contributed by atoms with E-state index in [1.54, 1.807) is 11.6 Å². The average molecular weight is 300 g/mol. The molecule has 1 heterocycles. The van der Waals surface area contributed by atoms with E-state index in [0.717, 1.165) is 11.4 Å². The molecule has 2 N–H and O–H groups in total. The molecule has 0 saturated carbocycles. The number of amides is 2. The zero-order chi connectivity index (χ0) is 16.1. The predicted molar refractivity (Wildman–Crippen MR) is 84.1 cm³/mol. The lowest BCUT2D eigenvalue weighted by Crippen LogP contribution is -2.37. The SMILES string of the molecule is CCNC(=O)CNC(=O)c1c(C)nn(-c2ccccc2)c1C. The smallest absolute Gasteiger partial charge is 0.255 e. The van der Waals surface area contributed by atoms with Crippen LogP contribution in [0.3, 0.4) is 0 Å². The lowest BCUT2D eigenvalue weighted by atomic mass is 10.2. The predicted octanol–water partition coefficient (Wildman–Crippen LogP) is 1.36. The Kier molecular flexibility index (Phi) is 4.93. The van der Waals surface area contributed by atoms with E-state index in [2.05, 4.69) is 15.7 Å². The minimum absolute atomic E-state index is 0.0396. The molecule has 0 aliphatic carbocycles. The van der Waals surface area contributed by atoms with Crippen molar-refractivity contribution >= 4 is 11.8 Å². The van der Waals surface area contributed by atoms with E-state index in [0.29, 0.717) is 17.8 Å². The summed E-state index contributed by atoms with van der Waals surface area (Å²) >= 11 is 0. The maximum atomic E-state index is 12.3. The first-order valence-corrected chi connectivity index (χ1v) is 7.21. The van der Waals surface area contributed by atoms with E-state index in [4.69, 9.17) is 0 Å². The molecule has 0 unspecified atom stereocenters. The van der Waals surface area contributed by atoms with Crippen molar-refractivity contribution in [1.82, 2.24) is 20.4 Å². The number of hydrogen-bond donors (Lipinski definition) is 2. The number of benzene rings is 1. The standard InChI is InChI=1S/C16H20N4O2/c1-4-17-14(21)10-18-16(22)15-11(2)19-20(12(15)3)13-8-6-5-7-9-13/h5-9H,4,10H2,1-3H3,(H,17,21)(H,18,22). The third-order valence-corrected chi connectivity index (χ3v) is 3.30. The normalized spacial score (nSPS) is 10.3. The maximum absolute atomic E-state index is 12.3. The number of carbonyl (C=O) groups is 2. The van der Waals surface area contributed by atoms with Crippen LogP contribution in [0.5, 0.6) is 0 Å². The molecule has 2 rings (SSSR count). The first kappa shape index (κ1) is 15.8. The average Bonchev–Trinajstić information content (AvgIpc) is 2.81. The molecule has 22 heavy (non-hydrogen) atoms. The molecule has 6 heteroatoms. The summed E-state index contributed by atoms with van der Waals surface area (Å²) in [4.78, 5) is 23.7. The summed E-state index contributed by atoms with van der Waals surface area (Å²) in [5.41, 5.74) is 2.78. The number of hydrogen-bond acceptors (Lipinski definition) is 3. The lowest BCUT2D eigenvalue weighted by molar-refractivity contribution is -0.120. The molecule has 116 valence electrons. The summed E-state index contributed by atoms with van der Waals surface area (Å²) in [5, 5.41) is 9.68. The molecule has 0 fully saturated rings. The minimum atomic E-state index is -0.288. The van der Waals surface area contributed by atoms with Gasteiger partial charge in [-0.05, 0) is 32.9 Å². The molecule has 0 aliphatic rings. The van der Waals surface area contributed by atoms with Crippen molar-refractivity contribution in [2.24, 2.45) is 0 Å². The van der Waals surface area contributed by atoms with Gasteiger partial charge >= 0.3 is 0 Å². The molecule has 1 aromatic heterocycles. The molecule has 1 aromatic carbocycles. The summed E-state index contributed by atoms with van der Waals surface area (Å²) in [6.07, 6.45) is 0. The van der Waals surface area contributed by atoms with E-state index in [9.17, 15) is 9.59 Å². The topological polar surface area (TPSA) is 76.0 Å². The van der Waals surface area contributed by atoms with E-state index in [1.807, 2.05) is 44.2 Å². The summed E-state index contributed by atoms with van der Waals surface area (Å²) in [7, 11) is 0. The number of aryl methyl sites for hydroxylation is 1. The van der Waals surface area contributed by atoms with Crippen LogP contribution in [0.2, 0.25) is 0 Å². The van der Waals surface area contributed by atoms with Crippen LogP contribution in [0.4, 0.5) is 0 Å². The van der Waals surface area contributed by atoms with Crippen LogP contribution >= 0.6 is 0 Å². The van der Waals surface area contributed by atoms with Crippen LogP contribution in [-0.4, -0.2) is 34.7 Å². The lowest BCUT2D eigenvalue weighted by Gasteiger charge is -2.07. The Morgan fingerprint density at radius 1 is 1.14 bits per heavy atom. The third kappa shape index (κ3) is 3.33. The number of nitrogens with zero attached hydrogens (tertiary/aromatic N) is 2. The minimum Gasteiger partial charge on any atom is -0.355 e. The largest absolute Gasteiger partial charge is 0.355 e. The zero-order valence-corrected chi connectivity index (χ0v) is 13.0. The van der Waals surface area contributed by atoms with Gasteiger partial charge in [0.2, 0.25) is 5.91 Å². The van der Waals surface area contributed by atoms with E-state index in [1.165, 1.54) is 0 Å². The summed E-state index contributed by atoms with van der Waals surface area (Å²) in [5.74, 6) is -0.495. The Bertz CT molecular complexity index is 677. The molecule has 0 atom stereocenters. The van der Waals surface area contributed by atoms with Crippen molar-refractivity contribution in [1.29, 1.82) is 0 Å². The molecule has 0 aliphatic heterocycles. The molecular formula is C16H20N4O2. The van der Waals surface area contributed by atoms with Crippen molar-refractivity contribution in [3.63, 3.8) is 0 Å². The van der Waals surface area contributed by atoms with Crippen LogP contribution in [-0.2, 0) is 4.79 Å². The van der Waals surface area contributed by atoms with Gasteiger partial charge in [0.25, 0.3) is 5.91 Å². The number of rotatable bonds is 5. The first-order chi connectivity index (χ1) is 10.5. The highest BCUT2D eigenvalue weighted by atomic mass is 16.2.